The summed E-state index contributed by atoms with van der Waals surface area (Å²) in [5.41, 5.74) is 0. The summed E-state index contributed by atoms with van der Waals surface area (Å²) in [6.45, 7) is 0.471. The van der Waals surface area contributed by atoms with Gasteiger partial charge in [0.1, 0.15) is 0 Å². The number of aliphatic hydroxyl groups excluding tert-OH is 1. The number of ether oxygens (including phenoxy) is 1. The van der Waals surface area contributed by atoms with Gasteiger partial charge in [0.15, 0.2) is 0 Å². The zero-order chi connectivity index (χ0) is 7.56. The topological polar surface area (TPSA) is 78.8 Å². The van der Waals surface area contributed by atoms with Crippen LogP contribution in [-0.2, 0) is 4.74 Å². The van der Waals surface area contributed by atoms with Crippen molar-refractivity contribution >= 4 is 6.09 Å². The van der Waals surface area contributed by atoms with Gasteiger partial charge in [-0.25, -0.2) is 4.79 Å². The van der Waals surface area contributed by atoms with Crippen LogP contribution >= 0.6 is 0 Å². The second-order valence-corrected chi connectivity index (χ2v) is 2.16. The highest BCUT2D eigenvalue weighted by molar-refractivity contribution is 5.65. The number of hydrogen-bond donors (Lipinski definition) is 3. The van der Waals surface area contributed by atoms with Gasteiger partial charge in [0.2, 0.25) is 0 Å². The van der Waals surface area contributed by atoms with Crippen molar-refractivity contribution in [3.8, 4) is 0 Å². The first-order chi connectivity index (χ1) is 4.70. The number of rotatable bonds is 1. The molecule has 0 spiro atoms. The zero-order valence-electron chi connectivity index (χ0n) is 5.28. The summed E-state index contributed by atoms with van der Waals surface area (Å²) in [4.78, 5) is 10.0. The Balaban J connectivity index is 2.33. The first-order valence-electron chi connectivity index (χ1n) is 2.95. The molecular formula is C5H9NO4. The molecule has 1 amide bonds. The number of hydrogen-bond acceptors (Lipinski definition) is 3. The van der Waals surface area contributed by atoms with Crippen molar-refractivity contribution in [2.24, 2.45) is 0 Å². The predicted molar refractivity (Wildman–Crippen MR) is 31.8 cm³/mol. The highest BCUT2D eigenvalue weighted by Gasteiger charge is 2.27. The summed E-state index contributed by atoms with van der Waals surface area (Å²) in [6.07, 6.45) is -1.83. The number of carboxylic acid groups (broad SMARTS) is 1. The van der Waals surface area contributed by atoms with E-state index in [0.717, 1.165) is 0 Å². The Morgan fingerprint density at radius 3 is 2.70 bits per heavy atom. The van der Waals surface area contributed by atoms with E-state index in [-0.39, 0.29) is 13.2 Å². The van der Waals surface area contributed by atoms with E-state index in [9.17, 15) is 4.79 Å². The molecule has 1 aliphatic rings. The lowest BCUT2D eigenvalue weighted by molar-refractivity contribution is 0.121. The van der Waals surface area contributed by atoms with E-state index in [0.29, 0.717) is 0 Å². The summed E-state index contributed by atoms with van der Waals surface area (Å²) >= 11 is 0. The average Bonchev–Trinajstić information content (AvgIpc) is 2.15. The molecule has 5 heteroatoms. The predicted octanol–water partition coefficient (Wildman–Crippen LogP) is -0.986. The molecule has 0 aromatic rings. The van der Waals surface area contributed by atoms with Gasteiger partial charge in [0.05, 0.1) is 25.4 Å². The van der Waals surface area contributed by atoms with Crippen molar-refractivity contribution in [3.05, 3.63) is 0 Å². The van der Waals surface area contributed by atoms with Crippen LogP contribution in [0.2, 0.25) is 0 Å². The lowest BCUT2D eigenvalue weighted by Gasteiger charge is -2.10. The molecule has 1 aliphatic heterocycles. The molecular weight excluding hydrogens is 138 g/mol. The molecule has 0 radical (unpaired) electrons. The summed E-state index contributed by atoms with van der Waals surface area (Å²) in [5, 5.41) is 19.3. The summed E-state index contributed by atoms with van der Waals surface area (Å²) in [5.74, 6) is 0. The summed E-state index contributed by atoms with van der Waals surface area (Å²) in [6, 6.07) is -0.461. The van der Waals surface area contributed by atoms with Crippen molar-refractivity contribution in [3.63, 3.8) is 0 Å². The monoisotopic (exact) mass is 147 g/mol. The third-order valence-corrected chi connectivity index (χ3v) is 1.36. The van der Waals surface area contributed by atoms with Gasteiger partial charge in [0, 0.05) is 0 Å². The fourth-order valence-electron chi connectivity index (χ4n) is 0.839. The van der Waals surface area contributed by atoms with Crippen molar-refractivity contribution in [2.45, 2.75) is 12.1 Å². The molecule has 0 saturated carbocycles. The second kappa shape index (κ2) is 2.85. The minimum atomic E-state index is -1.13. The second-order valence-electron chi connectivity index (χ2n) is 2.16. The number of aliphatic hydroxyl groups is 1. The van der Waals surface area contributed by atoms with Crippen LogP contribution in [0.4, 0.5) is 4.79 Å². The molecule has 1 rings (SSSR count). The van der Waals surface area contributed by atoms with Crippen LogP contribution in [0.1, 0.15) is 0 Å². The maximum atomic E-state index is 10.0. The van der Waals surface area contributed by atoms with Crippen LogP contribution in [0, 0.1) is 0 Å². The fourth-order valence-corrected chi connectivity index (χ4v) is 0.839. The van der Waals surface area contributed by atoms with Gasteiger partial charge in [-0.1, -0.05) is 0 Å². The van der Waals surface area contributed by atoms with Crippen LogP contribution in [0.15, 0.2) is 0 Å². The fraction of sp³-hybridized carbons (Fsp3) is 0.800. The van der Waals surface area contributed by atoms with Crippen LogP contribution in [-0.4, -0.2) is 41.7 Å². The molecule has 58 valence electrons. The smallest absolute Gasteiger partial charge is 0.405 e. The first-order valence-corrected chi connectivity index (χ1v) is 2.95. The lowest BCUT2D eigenvalue weighted by atomic mass is 10.2. The Bertz CT molecular complexity index is 138. The Labute approximate surface area is 57.6 Å². The highest BCUT2D eigenvalue weighted by atomic mass is 16.5. The quantitative estimate of drug-likeness (QED) is 0.445. The van der Waals surface area contributed by atoms with E-state index in [1.165, 1.54) is 0 Å². The minimum absolute atomic E-state index is 0.213. The van der Waals surface area contributed by atoms with Crippen LogP contribution in [0.3, 0.4) is 0 Å². The zero-order valence-corrected chi connectivity index (χ0v) is 5.28. The van der Waals surface area contributed by atoms with Gasteiger partial charge < -0.3 is 20.3 Å². The van der Waals surface area contributed by atoms with Crippen molar-refractivity contribution in [1.29, 1.82) is 0 Å². The number of nitrogens with one attached hydrogen (secondary N) is 1. The standard InChI is InChI=1S/C5H9NO4/c7-4-2-10-1-3(4)6-5(8)9/h3-4,6-7H,1-2H2,(H,8,9). The maximum absolute atomic E-state index is 10.0. The van der Waals surface area contributed by atoms with E-state index in [1.807, 2.05) is 0 Å². The molecule has 2 atom stereocenters. The lowest BCUT2D eigenvalue weighted by Crippen LogP contribution is -2.41. The van der Waals surface area contributed by atoms with E-state index in [4.69, 9.17) is 14.9 Å². The van der Waals surface area contributed by atoms with E-state index in [1.54, 1.807) is 0 Å². The van der Waals surface area contributed by atoms with Crippen LogP contribution in [0.5, 0.6) is 0 Å². The van der Waals surface area contributed by atoms with Gasteiger partial charge in [-0.15, -0.1) is 0 Å². The molecule has 1 fully saturated rings. The first kappa shape index (κ1) is 7.30. The number of amides is 1. The van der Waals surface area contributed by atoms with Gasteiger partial charge in [0.25, 0.3) is 0 Å². The Morgan fingerprint density at radius 1 is 1.60 bits per heavy atom. The van der Waals surface area contributed by atoms with Crippen molar-refractivity contribution < 1.29 is 19.7 Å². The van der Waals surface area contributed by atoms with E-state index >= 15 is 0 Å². The summed E-state index contributed by atoms with van der Waals surface area (Å²) < 4.78 is 4.79. The van der Waals surface area contributed by atoms with Gasteiger partial charge >= 0.3 is 6.09 Å². The highest BCUT2D eigenvalue weighted by Crippen LogP contribution is 2.03. The minimum Gasteiger partial charge on any atom is -0.465 e. The van der Waals surface area contributed by atoms with Gasteiger partial charge in [-0.05, 0) is 0 Å². The van der Waals surface area contributed by atoms with Gasteiger partial charge in [-0.2, -0.15) is 0 Å². The Hall–Kier alpha value is -0.810. The SMILES string of the molecule is O=C(O)NC1COCC1O. The molecule has 1 heterocycles. The van der Waals surface area contributed by atoms with Gasteiger partial charge in [-0.3, -0.25) is 0 Å². The molecule has 0 aliphatic carbocycles. The Kier molecular flexibility index (Phi) is 2.08. The molecule has 10 heavy (non-hydrogen) atoms. The third kappa shape index (κ3) is 1.58. The summed E-state index contributed by atoms with van der Waals surface area (Å²) in [7, 11) is 0. The number of carbonyl (C=O) groups is 1. The van der Waals surface area contributed by atoms with E-state index in [2.05, 4.69) is 5.32 Å². The maximum Gasteiger partial charge on any atom is 0.405 e. The molecule has 1 saturated heterocycles. The average molecular weight is 147 g/mol. The van der Waals surface area contributed by atoms with Crippen LogP contribution < -0.4 is 5.32 Å². The normalized spacial score (nSPS) is 32.1. The van der Waals surface area contributed by atoms with Crippen LogP contribution in [0.25, 0.3) is 0 Å². The molecule has 5 nitrogen and oxygen atoms in total. The largest absolute Gasteiger partial charge is 0.465 e. The molecule has 0 aromatic heterocycles. The molecule has 2 unspecified atom stereocenters. The molecule has 0 aromatic carbocycles. The third-order valence-electron chi connectivity index (χ3n) is 1.36. The molecule has 0 bridgehead atoms. The van der Waals surface area contributed by atoms with Crippen molar-refractivity contribution in [2.75, 3.05) is 13.2 Å². The molecule has 3 N–H and O–H groups in total. The van der Waals surface area contributed by atoms with E-state index < -0.39 is 18.2 Å². The Morgan fingerprint density at radius 2 is 2.30 bits per heavy atom. The van der Waals surface area contributed by atoms with Crippen molar-refractivity contribution in [1.82, 2.24) is 5.32 Å².